The molecule has 0 radical (unpaired) electrons. The highest BCUT2D eigenvalue weighted by Crippen LogP contribution is 2.13. The van der Waals surface area contributed by atoms with Crippen LogP contribution < -0.4 is 11.1 Å². The number of carbonyl (C=O) groups is 1. The van der Waals surface area contributed by atoms with Gasteiger partial charge >= 0.3 is 6.18 Å². The molecule has 0 aromatic carbocycles. The summed E-state index contributed by atoms with van der Waals surface area (Å²) in [5, 5.41) is 2.47. The molecule has 1 amide bonds. The van der Waals surface area contributed by atoms with E-state index in [1.807, 2.05) is 6.92 Å². The molecule has 4 nitrogen and oxygen atoms in total. The molecule has 0 aromatic heterocycles. The van der Waals surface area contributed by atoms with Crippen LogP contribution in [0.15, 0.2) is 0 Å². The predicted molar refractivity (Wildman–Crippen MR) is 52.7 cm³/mol. The minimum Gasteiger partial charge on any atom is -0.362 e. The van der Waals surface area contributed by atoms with Gasteiger partial charge in [0, 0.05) is 6.54 Å². The third kappa shape index (κ3) is 9.72. The summed E-state index contributed by atoms with van der Waals surface area (Å²) in [6.07, 6.45) is -3.64. The molecule has 0 aromatic rings. The van der Waals surface area contributed by atoms with Crippen molar-refractivity contribution in [2.24, 2.45) is 11.7 Å². The summed E-state index contributed by atoms with van der Waals surface area (Å²) in [6, 6.07) is 0. The fourth-order valence-electron chi connectivity index (χ4n) is 0.985. The molecule has 0 rings (SSSR count). The molecule has 7 heteroatoms. The predicted octanol–water partition coefficient (Wildman–Crippen LogP) is 0.666. The molecule has 0 aliphatic carbocycles. The number of nitrogens with two attached hydrogens (primary N) is 1. The standard InChI is InChI=1S/C9H17F3N2O2/c1-7(2-3-13)4-14-8(15)5-16-6-9(10,11)12/h7H,2-6,13H2,1H3,(H,14,15). The second-order valence-electron chi connectivity index (χ2n) is 3.59. The van der Waals surface area contributed by atoms with Gasteiger partial charge in [0.05, 0.1) is 0 Å². The lowest BCUT2D eigenvalue weighted by Gasteiger charge is -2.12. The topological polar surface area (TPSA) is 64.3 Å². The molecule has 1 atom stereocenters. The number of hydrogen-bond acceptors (Lipinski definition) is 3. The van der Waals surface area contributed by atoms with Crippen LogP contribution in [-0.2, 0) is 9.53 Å². The molecule has 0 fully saturated rings. The Labute approximate surface area is 92.3 Å². The highest BCUT2D eigenvalue weighted by Gasteiger charge is 2.27. The van der Waals surface area contributed by atoms with E-state index in [2.05, 4.69) is 10.1 Å². The number of nitrogens with one attached hydrogen (secondary N) is 1. The summed E-state index contributed by atoms with van der Waals surface area (Å²) in [6.45, 7) is 0.824. The zero-order valence-electron chi connectivity index (χ0n) is 9.14. The molecule has 0 saturated carbocycles. The number of carbonyl (C=O) groups excluding carboxylic acids is 1. The highest BCUT2D eigenvalue weighted by atomic mass is 19.4. The van der Waals surface area contributed by atoms with Crippen LogP contribution in [-0.4, -0.2) is 38.4 Å². The Hall–Kier alpha value is -0.820. The summed E-state index contributed by atoms with van der Waals surface area (Å²) in [5.74, 6) is -0.343. The number of alkyl halides is 3. The van der Waals surface area contributed by atoms with E-state index in [1.54, 1.807) is 0 Å². The number of halogens is 3. The van der Waals surface area contributed by atoms with Gasteiger partial charge in [-0.1, -0.05) is 6.92 Å². The fourth-order valence-corrected chi connectivity index (χ4v) is 0.985. The fraction of sp³-hybridized carbons (Fsp3) is 0.889. The summed E-state index contributed by atoms with van der Waals surface area (Å²) < 4.78 is 39.1. The number of ether oxygens (including phenoxy) is 1. The summed E-state index contributed by atoms with van der Waals surface area (Å²) in [7, 11) is 0. The molecule has 0 heterocycles. The molecule has 0 bridgehead atoms. The monoisotopic (exact) mass is 242 g/mol. The Morgan fingerprint density at radius 2 is 2.12 bits per heavy atom. The zero-order valence-corrected chi connectivity index (χ0v) is 9.14. The van der Waals surface area contributed by atoms with Gasteiger partial charge in [-0.25, -0.2) is 0 Å². The minimum absolute atomic E-state index is 0.205. The average molecular weight is 242 g/mol. The maximum absolute atomic E-state index is 11.6. The first-order valence-corrected chi connectivity index (χ1v) is 4.96. The van der Waals surface area contributed by atoms with Crippen LogP contribution in [0.1, 0.15) is 13.3 Å². The molecule has 16 heavy (non-hydrogen) atoms. The quantitative estimate of drug-likeness (QED) is 0.689. The number of amides is 1. The van der Waals surface area contributed by atoms with Crippen molar-refractivity contribution in [1.29, 1.82) is 0 Å². The minimum atomic E-state index is -4.40. The summed E-state index contributed by atoms with van der Waals surface area (Å²) in [4.78, 5) is 11.0. The highest BCUT2D eigenvalue weighted by molar-refractivity contribution is 5.77. The lowest BCUT2D eigenvalue weighted by Crippen LogP contribution is -2.33. The van der Waals surface area contributed by atoms with Crippen molar-refractivity contribution in [2.75, 3.05) is 26.3 Å². The van der Waals surface area contributed by atoms with E-state index in [0.29, 0.717) is 13.1 Å². The zero-order chi connectivity index (χ0) is 12.6. The Balaban J connectivity index is 3.52. The summed E-state index contributed by atoms with van der Waals surface area (Å²) in [5.41, 5.74) is 5.30. The Bertz CT molecular complexity index is 209. The van der Waals surface area contributed by atoms with Crippen LogP contribution in [0.5, 0.6) is 0 Å². The van der Waals surface area contributed by atoms with Crippen molar-refractivity contribution < 1.29 is 22.7 Å². The third-order valence-electron chi connectivity index (χ3n) is 1.81. The molecular formula is C9H17F3N2O2. The second kappa shape index (κ2) is 7.45. The maximum atomic E-state index is 11.6. The molecule has 0 spiro atoms. The van der Waals surface area contributed by atoms with E-state index in [0.717, 1.165) is 6.42 Å². The average Bonchev–Trinajstić information content (AvgIpc) is 2.13. The van der Waals surface area contributed by atoms with E-state index in [1.165, 1.54) is 0 Å². The maximum Gasteiger partial charge on any atom is 0.411 e. The van der Waals surface area contributed by atoms with Gasteiger partial charge in [0.2, 0.25) is 5.91 Å². The Kier molecular flexibility index (Phi) is 7.07. The first kappa shape index (κ1) is 15.2. The molecule has 1 unspecified atom stereocenters. The summed E-state index contributed by atoms with van der Waals surface area (Å²) >= 11 is 0. The smallest absolute Gasteiger partial charge is 0.362 e. The van der Waals surface area contributed by atoms with E-state index in [-0.39, 0.29) is 5.92 Å². The number of hydrogen-bond donors (Lipinski definition) is 2. The van der Waals surface area contributed by atoms with Crippen LogP contribution in [0.25, 0.3) is 0 Å². The van der Waals surface area contributed by atoms with Crippen LogP contribution in [0.2, 0.25) is 0 Å². The van der Waals surface area contributed by atoms with Crippen LogP contribution in [0.3, 0.4) is 0 Å². The van der Waals surface area contributed by atoms with Crippen molar-refractivity contribution in [3.8, 4) is 0 Å². The van der Waals surface area contributed by atoms with E-state index in [4.69, 9.17) is 5.73 Å². The molecular weight excluding hydrogens is 225 g/mol. The van der Waals surface area contributed by atoms with Crippen molar-refractivity contribution in [3.63, 3.8) is 0 Å². The van der Waals surface area contributed by atoms with Gasteiger partial charge in [-0.15, -0.1) is 0 Å². The largest absolute Gasteiger partial charge is 0.411 e. The first-order chi connectivity index (χ1) is 7.35. The Morgan fingerprint density at radius 1 is 1.50 bits per heavy atom. The number of rotatable bonds is 7. The lowest BCUT2D eigenvalue weighted by molar-refractivity contribution is -0.175. The van der Waals surface area contributed by atoms with Crippen molar-refractivity contribution >= 4 is 5.91 Å². The SMILES string of the molecule is CC(CCN)CNC(=O)COCC(F)(F)F. The van der Waals surface area contributed by atoms with Gasteiger partial charge in [0.25, 0.3) is 0 Å². The van der Waals surface area contributed by atoms with E-state index in [9.17, 15) is 18.0 Å². The molecule has 3 N–H and O–H groups in total. The van der Waals surface area contributed by atoms with Gasteiger partial charge in [-0.3, -0.25) is 4.79 Å². The molecule has 0 aliphatic rings. The van der Waals surface area contributed by atoms with E-state index < -0.39 is 25.3 Å². The normalized spacial score (nSPS) is 13.6. The van der Waals surface area contributed by atoms with Crippen molar-refractivity contribution in [1.82, 2.24) is 5.32 Å². The molecule has 96 valence electrons. The molecule has 0 aliphatic heterocycles. The van der Waals surface area contributed by atoms with Crippen molar-refractivity contribution in [2.45, 2.75) is 19.5 Å². The Morgan fingerprint density at radius 3 is 2.62 bits per heavy atom. The van der Waals surface area contributed by atoms with Crippen LogP contribution in [0.4, 0.5) is 13.2 Å². The van der Waals surface area contributed by atoms with Gasteiger partial charge < -0.3 is 15.8 Å². The third-order valence-corrected chi connectivity index (χ3v) is 1.81. The van der Waals surface area contributed by atoms with Crippen LogP contribution in [0, 0.1) is 5.92 Å². The van der Waals surface area contributed by atoms with Gasteiger partial charge in [0.1, 0.15) is 13.2 Å². The lowest BCUT2D eigenvalue weighted by atomic mass is 10.1. The van der Waals surface area contributed by atoms with Gasteiger partial charge in [-0.05, 0) is 18.9 Å². The van der Waals surface area contributed by atoms with Crippen molar-refractivity contribution in [3.05, 3.63) is 0 Å². The van der Waals surface area contributed by atoms with E-state index >= 15 is 0 Å². The van der Waals surface area contributed by atoms with Gasteiger partial charge in [0.15, 0.2) is 0 Å². The van der Waals surface area contributed by atoms with Crippen LogP contribution >= 0.6 is 0 Å². The second-order valence-corrected chi connectivity index (χ2v) is 3.59. The van der Waals surface area contributed by atoms with Gasteiger partial charge in [-0.2, -0.15) is 13.2 Å². The first-order valence-electron chi connectivity index (χ1n) is 4.96. The molecule has 0 saturated heterocycles.